The molecule has 0 N–H and O–H groups in total. The van der Waals surface area contributed by atoms with E-state index in [2.05, 4.69) is 0 Å². The number of fused-ring (bicyclic) bond motifs is 1. The number of aromatic nitrogens is 1. The van der Waals surface area contributed by atoms with Gasteiger partial charge in [0.25, 0.3) is 10.0 Å². The summed E-state index contributed by atoms with van der Waals surface area (Å²) in [6.07, 6.45) is 1.36. The van der Waals surface area contributed by atoms with Crippen LogP contribution in [0.15, 0.2) is 65.2 Å². The topological polar surface area (TPSA) is 102 Å². The second-order valence-electron chi connectivity index (χ2n) is 7.62. The molecular formula is C24H25N3O5S. The van der Waals surface area contributed by atoms with E-state index in [0.29, 0.717) is 29.9 Å². The summed E-state index contributed by atoms with van der Waals surface area (Å²) < 4.78 is 38.9. The van der Waals surface area contributed by atoms with Crippen LogP contribution in [0, 0.1) is 18.3 Å². The van der Waals surface area contributed by atoms with Crippen molar-refractivity contribution in [1.29, 1.82) is 5.26 Å². The minimum Gasteiger partial charge on any atom is -0.491 e. The van der Waals surface area contributed by atoms with Crippen LogP contribution in [0.5, 0.6) is 5.75 Å². The number of benzene rings is 2. The molecule has 2 aromatic carbocycles. The average Bonchev–Trinajstić information content (AvgIpc) is 3.17. The number of rotatable bonds is 9. The van der Waals surface area contributed by atoms with Crippen molar-refractivity contribution in [2.45, 2.75) is 11.8 Å². The van der Waals surface area contributed by atoms with Crippen LogP contribution in [0.25, 0.3) is 10.9 Å². The lowest BCUT2D eigenvalue weighted by atomic mass is 10.1. The molecule has 0 unspecified atom stereocenters. The van der Waals surface area contributed by atoms with E-state index >= 15 is 0 Å². The zero-order valence-corrected chi connectivity index (χ0v) is 19.7. The van der Waals surface area contributed by atoms with Gasteiger partial charge in [0, 0.05) is 32.8 Å². The van der Waals surface area contributed by atoms with Gasteiger partial charge in [-0.2, -0.15) is 5.26 Å². The normalized spacial score (nSPS) is 11.9. The van der Waals surface area contributed by atoms with Crippen LogP contribution in [-0.2, 0) is 14.8 Å². The van der Waals surface area contributed by atoms with E-state index in [1.54, 1.807) is 56.4 Å². The standard InChI is InChI=1S/C24H25N3O5S/c1-17-5-8-21(9-6-17)33(29,30)27-22-10-7-20(32-12-11-31-4)13-18(22)14-23(27)24(28)19(15-25)16-26(2)3/h5-10,13-14,16H,11-12H2,1-4H3/b19-16-. The Hall–Kier alpha value is -3.61. The first-order chi connectivity index (χ1) is 15.7. The van der Waals surface area contributed by atoms with Crippen LogP contribution in [0.4, 0.5) is 0 Å². The Balaban J connectivity index is 2.24. The number of hydrogen-bond acceptors (Lipinski definition) is 7. The molecule has 0 bridgehead atoms. The highest BCUT2D eigenvalue weighted by atomic mass is 32.2. The molecule has 0 aliphatic carbocycles. The average molecular weight is 468 g/mol. The maximum atomic E-state index is 13.6. The highest BCUT2D eigenvalue weighted by Gasteiger charge is 2.28. The van der Waals surface area contributed by atoms with Gasteiger partial charge in [-0.25, -0.2) is 12.4 Å². The van der Waals surface area contributed by atoms with E-state index < -0.39 is 15.8 Å². The fraction of sp³-hybridized carbons (Fsp3) is 0.250. The van der Waals surface area contributed by atoms with Gasteiger partial charge in [0.15, 0.2) is 0 Å². The molecule has 1 aromatic heterocycles. The van der Waals surface area contributed by atoms with Gasteiger partial charge < -0.3 is 14.4 Å². The summed E-state index contributed by atoms with van der Waals surface area (Å²) in [5.74, 6) is -0.187. The largest absolute Gasteiger partial charge is 0.491 e. The molecule has 0 aliphatic heterocycles. The van der Waals surface area contributed by atoms with Crippen LogP contribution in [0.3, 0.4) is 0 Å². The van der Waals surface area contributed by atoms with Crippen molar-refractivity contribution in [3.8, 4) is 11.8 Å². The summed E-state index contributed by atoms with van der Waals surface area (Å²) >= 11 is 0. The van der Waals surface area contributed by atoms with E-state index in [4.69, 9.17) is 9.47 Å². The van der Waals surface area contributed by atoms with Crippen molar-refractivity contribution in [3.05, 3.63) is 71.6 Å². The lowest BCUT2D eigenvalue weighted by Crippen LogP contribution is -2.20. The Kier molecular flexibility index (Phi) is 7.21. The molecule has 0 saturated carbocycles. The fourth-order valence-corrected chi connectivity index (χ4v) is 4.78. The number of hydrogen-bond donors (Lipinski definition) is 0. The van der Waals surface area contributed by atoms with Gasteiger partial charge in [-0.3, -0.25) is 4.79 Å². The summed E-state index contributed by atoms with van der Waals surface area (Å²) in [7, 11) is 0.777. The second-order valence-corrected chi connectivity index (χ2v) is 9.41. The molecule has 0 saturated heterocycles. The van der Waals surface area contributed by atoms with Crippen LogP contribution in [0.1, 0.15) is 16.1 Å². The zero-order chi connectivity index (χ0) is 24.2. The maximum Gasteiger partial charge on any atom is 0.268 e. The van der Waals surface area contributed by atoms with E-state index in [1.165, 1.54) is 24.4 Å². The maximum absolute atomic E-state index is 13.6. The van der Waals surface area contributed by atoms with E-state index in [1.807, 2.05) is 13.0 Å². The summed E-state index contributed by atoms with van der Waals surface area (Å²) in [5, 5.41) is 10.0. The molecule has 0 aliphatic rings. The van der Waals surface area contributed by atoms with Crippen molar-refractivity contribution in [1.82, 2.24) is 8.87 Å². The third-order valence-corrected chi connectivity index (χ3v) is 6.57. The number of carbonyl (C=O) groups excluding carboxylic acids is 1. The molecule has 0 fully saturated rings. The summed E-state index contributed by atoms with van der Waals surface area (Å²) in [5.41, 5.74) is 0.898. The Morgan fingerprint density at radius 1 is 1.12 bits per heavy atom. The summed E-state index contributed by atoms with van der Waals surface area (Å²) in [4.78, 5) is 14.9. The number of nitrogens with zero attached hydrogens (tertiary/aromatic N) is 3. The van der Waals surface area contributed by atoms with Gasteiger partial charge in [0.2, 0.25) is 5.78 Å². The van der Waals surface area contributed by atoms with Crippen LogP contribution in [-0.4, -0.2) is 57.5 Å². The van der Waals surface area contributed by atoms with Gasteiger partial charge in [-0.1, -0.05) is 17.7 Å². The Bertz CT molecular complexity index is 1350. The van der Waals surface area contributed by atoms with Gasteiger partial charge >= 0.3 is 0 Å². The number of Topliss-reactive ketones (excluding diaryl/α,β-unsaturated/α-hetero) is 1. The number of allylic oxidation sites excluding steroid dienone is 1. The zero-order valence-electron chi connectivity index (χ0n) is 18.9. The molecule has 0 atom stereocenters. The third kappa shape index (κ3) is 5.08. The van der Waals surface area contributed by atoms with Crippen molar-refractivity contribution in [2.75, 3.05) is 34.4 Å². The van der Waals surface area contributed by atoms with Gasteiger partial charge in [-0.05, 0) is 43.3 Å². The number of carbonyl (C=O) groups is 1. The molecular weight excluding hydrogens is 442 g/mol. The molecule has 0 spiro atoms. The Morgan fingerprint density at radius 2 is 1.82 bits per heavy atom. The molecule has 3 aromatic rings. The minimum atomic E-state index is -4.13. The van der Waals surface area contributed by atoms with Gasteiger partial charge in [-0.15, -0.1) is 0 Å². The lowest BCUT2D eigenvalue weighted by Gasteiger charge is -2.12. The third-order valence-electron chi connectivity index (χ3n) is 4.83. The lowest BCUT2D eigenvalue weighted by molar-refractivity contribution is 0.103. The molecule has 0 amide bonds. The highest BCUT2D eigenvalue weighted by molar-refractivity contribution is 7.90. The predicted molar refractivity (Wildman–Crippen MR) is 125 cm³/mol. The molecule has 172 valence electrons. The molecule has 0 radical (unpaired) electrons. The van der Waals surface area contributed by atoms with Crippen LogP contribution >= 0.6 is 0 Å². The van der Waals surface area contributed by atoms with Crippen LogP contribution in [0.2, 0.25) is 0 Å². The number of ketones is 1. The fourth-order valence-electron chi connectivity index (χ4n) is 3.27. The first kappa shape index (κ1) is 24.0. The van der Waals surface area contributed by atoms with Gasteiger partial charge in [0.05, 0.1) is 17.0 Å². The van der Waals surface area contributed by atoms with Crippen molar-refractivity contribution in [3.63, 3.8) is 0 Å². The quantitative estimate of drug-likeness (QED) is 0.206. The minimum absolute atomic E-state index is 0.0372. The molecule has 8 nitrogen and oxygen atoms in total. The van der Waals surface area contributed by atoms with E-state index in [9.17, 15) is 18.5 Å². The predicted octanol–water partition coefficient (Wildman–Crippen LogP) is 3.36. The highest BCUT2D eigenvalue weighted by Crippen LogP contribution is 2.30. The SMILES string of the molecule is COCCOc1ccc2c(c1)cc(C(=O)/C(C#N)=C\N(C)C)n2S(=O)(=O)c1ccc(C)cc1. The molecule has 3 rings (SSSR count). The first-order valence-corrected chi connectivity index (χ1v) is 11.6. The van der Waals surface area contributed by atoms with Gasteiger partial charge in [0.1, 0.15) is 29.7 Å². The van der Waals surface area contributed by atoms with Crippen molar-refractivity contribution in [2.24, 2.45) is 0 Å². The van der Waals surface area contributed by atoms with Crippen molar-refractivity contribution >= 4 is 26.7 Å². The number of nitriles is 1. The van der Waals surface area contributed by atoms with Crippen molar-refractivity contribution < 1.29 is 22.7 Å². The Morgan fingerprint density at radius 3 is 2.42 bits per heavy atom. The van der Waals surface area contributed by atoms with E-state index in [0.717, 1.165) is 9.54 Å². The number of aryl methyl sites for hydroxylation is 1. The molecule has 33 heavy (non-hydrogen) atoms. The monoisotopic (exact) mass is 467 g/mol. The van der Waals surface area contributed by atoms with E-state index in [-0.39, 0.29) is 16.2 Å². The first-order valence-electron chi connectivity index (χ1n) is 10.1. The number of methoxy groups -OCH3 is 1. The molecule has 1 heterocycles. The Labute approximate surface area is 193 Å². The summed E-state index contributed by atoms with van der Waals surface area (Å²) in [6, 6.07) is 14.6. The number of ether oxygens (including phenoxy) is 2. The summed E-state index contributed by atoms with van der Waals surface area (Å²) in [6.45, 7) is 2.57. The smallest absolute Gasteiger partial charge is 0.268 e. The molecule has 9 heteroatoms. The second kappa shape index (κ2) is 9.90. The van der Waals surface area contributed by atoms with Crippen LogP contribution < -0.4 is 4.74 Å².